The summed E-state index contributed by atoms with van der Waals surface area (Å²) in [5.74, 6) is -11.1. The highest BCUT2D eigenvalue weighted by atomic mass is 19.4. The Balaban J connectivity index is 3.37. The minimum absolute atomic E-state index is 0.0980. The monoisotopic (exact) mass is 367 g/mol. The van der Waals surface area contributed by atoms with Gasteiger partial charge in [-0.15, -0.1) is 0 Å². The molecule has 23 heavy (non-hydrogen) atoms. The molecular formula is C10H8F11NO. The first-order valence-corrected chi connectivity index (χ1v) is 5.89. The summed E-state index contributed by atoms with van der Waals surface area (Å²) in [6.07, 6.45) is -14.6. The first-order chi connectivity index (χ1) is 10.0. The number of halogens is 11. The van der Waals surface area contributed by atoms with Gasteiger partial charge in [-0.3, -0.25) is 4.79 Å². The van der Waals surface area contributed by atoms with Crippen LogP contribution >= 0.6 is 0 Å². The Morgan fingerprint density at radius 3 is 1.35 bits per heavy atom. The Bertz CT molecular complexity index is 446. The zero-order valence-corrected chi connectivity index (χ0v) is 10.8. The van der Waals surface area contributed by atoms with E-state index in [1.54, 1.807) is 0 Å². The zero-order valence-electron chi connectivity index (χ0n) is 10.8. The fourth-order valence-corrected chi connectivity index (χ4v) is 1.97. The van der Waals surface area contributed by atoms with E-state index in [9.17, 15) is 53.1 Å². The molecule has 0 aromatic carbocycles. The van der Waals surface area contributed by atoms with Crippen LogP contribution < -0.4 is 0 Å². The number of alkyl halides is 11. The summed E-state index contributed by atoms with van der Waals surface area (Å²) < 4.78 is 141. The molecule has 2 nitrogen and oxygen atoms in total. The van der Waals surface area contributed by atoms with E-state index in [0.29, 0.717) is 0 Å². The Morgan fingerprint density at radius 2 is 1.04 bits per heavy atom. The molecule has 0 aliphatic carbocycles. The Hall–Kier alpha value is -1.14. The second-order valence-electron chi connectivity index (χ2n) is 4.79. The normalized spacial score (nSPS) is 19.3. The molecule has 136 valence electrons. The molecule has 13 heteroatoms. The predicted octanol–water partition coefficient (Wildman–Crippen LogP) is 3.71. The van der Waals surface area contributed by atoms with Crippen molar-refractivity contribution < 1.29 is 53.1 Å². The molecule has 1 saturated heterocycles. The molecule has 0 saturated carbocycles. The Labute approximate surface area is 121 Å². The molecule has 1 rings (SSSR count). The van der Waals surface area contributed by atoms with Crippen LogP contribution in [-0.2, 0) is 4.79 Å². The molecule has 0 N–H and O–H groups in total. The van der Waals surface area contributed by atoms with Crippen molar-refractivity contribution in [3.05, 3.63) is 0 Å². The van der Waals surface area contributed by atoms with E-state index in [1.165, 1.54) is 0 Å². The van der Waals surface area contributed by atoms with Crippen molar-refractivity contribution in [2.75, 3.05) is 13.1 Å². The average molecular weight is 367 g/mol. The van der Waals surface area contributed by atoms with Gasteiger partial charge in [0.2, 0.25) is 0 Å². The van der Waals surface area contributed by atoms with Crippen LogP contribution in [0.25, 0.3) is 0 Å². The van der Waals surface area contributed by atoms with Crippen molar-refractivity contribution >= 4 is 5.78 Å². The quantitative estimate of drug-likeness (QED) is 0.558. The Kier molecular flexibility index (Phi) is 4.72. The van der Waals surface area contributed by atoms with Crippen LogP contribution in [0.4, 0.5) is 48.3 Å². The largest absolute Gasteiger partial charge is 0.439 e. The fourth-order valence-electron chi connectivity index (χ4n) is 1.97. The Morgan fingerprint density at radius 1 is 0.696 bits per heavy atom. The van der Waals surface area contributed by atoms with Gasteiger partial charge in [-0.2, -0.15) is 43.9 Å². The van der Waals surface area contributed by atoms with Gasteiger partial charge in [0, 0.05) is 13.1 Å². The van der Waals surface area contributed by atoms with Crippen molar-refractivity contribution in [1.82, 2.24) is 4.90 Å². The number of hydrogen-bond acceptors (Lipinski definition) is 2. The molecule has 0 amide bonds. The van der Waals surface area contributed by atoms with E-state index in [1.807, 2.05) is 0 Å². The predicted molar refractivity (Wildman–Crippen MR) is 51.7 cm³/mol. The molecule has 0 unspecified atom stereocenters. The lowest BCUT2D eigenvalue weighted by Gasteiger charge is -2.37. The number of likely N-dealkylation sites (tertiary alicyclic amines) is 1. The first-order valence-electron chi connectivity index (χ1n) is 5.89. The molecule has 1 fully saturated rings. The number of hydrogen-bond donors (Lipinski definition) is 0. The number of rotatable bonds is 4. The third kappa shape index (κ3) is 2.87. The van der Waals surface area contributed by atoms with Gasteiger partial charge in [0.25, 0.3) is 5.78 Å². The van der Waals surface area contributed by atoms with E-state index < -0.39 is 53.8 Å². The minimum Gasteiger partial charge on any atom is -0.288 e. The maximum absolute atomic E-state index is 13.5. The number of nitrogens with zero attached hydrogens (tertiary/aromatic N) is 1. The average Bonchev–Trinajstić information content (AvgIpc) is 2.87. The molecule has 0 spiro atoms. The third-order valence-corrected chi connectivity index (χ3v) is 3.26. The van der Waals surface area contributed by atoms with Gasteiger partial charge >= 0.3 is 30.0 Å². The van der Waals surface area contributed by atoms with E-state index in [0.717, 1.165) is 0 Å². The molecule has 0 aromatic rings. The molecule has 1 heterocycles. The second-order valence-corrected chi connectivity index (χ2v) is 4.79. The highest BCUT2D eigenvalue weighted by molar-refractivity contribution is 5.96. The topological polar surface area (TPSA) is 20.3 Å². The number of carbonyl (C=O) groups is 1. The summed E-state index contributed by atoms with van der Waals surface area (Å²) in [6.45, 7) is -1.60. The van der Waals surface area contributed by atoms with Gasteiger partial charge in [0.05, 0.1) is 0 Å². The number of ketones is 1. The second kappa shape index (κ2) is 5.45. The summed E-state index contributed by atoms with van der Waals surface area (Å²) in [4.78, 5) is 10.5. The van der Waals surface area contributed by atoms with E-state index in [2.05, 4.69) is 0 Å². The lowest BCUT2D eigenvalue weighted by molar-refractivity contribution is -0.341. The van der Waals surface area contributed by atoms with Gasteiger partial charge in [0.15, 0.2) is 0 Å². The molecule has 0 radical (unpaired) electrons. The summed E-state index contributed by atoms with van der Waals surface area (Å²) in [7, 11) is 0. The van der Waals surface area contributed by atoms with Crippen LogP contribution in [-0.4, -0.2) is 53.8 Å². The van der Waals surface area contributed by atoms with Crippen LogP contribution in [0.2, 0.25) is 0 Å². The van der Waals surface area contributed by atoms with Crippen LogP contribution in [0.1, 0.15) is 12.8 Å². The lowest BCUT2D eigenvalue weighted by atomic mass is 9.92. The molecule has 0 bridgehead atoms. The van der Waals surface area contributed by atoms with Crippen molar-refractivity contribution in [2.24, 2.45) is 0 Å². The zero-order chi connectivity index (χ0) is 18.5. The van der Waals surface area contributed by atoms with Crippen LogP contribution in [0.5, 0.6) is 0 Å². The van der Waals surface area contributed by atoms with Crippen molar-refractivity contribution in [3.8, 4) is 0 Å². The van der Waals surface area contributed by atoms with Crippen molar-refractivity contribution in [3.63, 3.8) is 0 Å². The highest BCUT2D eigenvalue weighted by Gasteiger charge is 2.84. The van der Waals surface area contributed by atoms with Crippen LogP contribution in [0.15, 0.2) is 0 Å². The molecule has 0 aromatic heterocycles. The summed E-state index contributed by atoms with van der Waals surface area (Å²) in [5.41, 5.74) is -7.12. The van der Waals surface area contributed by atoms with Gasteiger partial charge in [-0.1, -0.05) is 0 Å². The molecule has 1 aliphatic rings. The molecule has 1 aliphatic heterocycles. The van der Waals surface area contributed by atoms with Gasteiger partial charge < -0.3 is 0 Å². The summed E-state index contributed by atoms with van der Waals surface area (Å²) >= 11 is 0. The lowest BCUT2D eigenvalue weighted by Crippen LogP contribution is -2.69. The van der Waals surface area contributed by atoms with Gasteiger partial charge in [0.1, 0.15) is 0 Å². The first kappa shape index (κ1) is 19.9. The van der Waals surface area contributed by atoms with E-state index in [4.69, 9.17) is 0 Å². The molecular weight excluding hydrogens is 359 g/mol. The summed E-state index contributed by atoms with van der Waals surface area (Å²) in [6, 6.07) is -5.70. The maximum atomic E-state index is 13.5. The van der Waals surface area contributed by atoms with Crippen LogP contribution in [0.3, 0.4) is 0 Å². The van der Waals surface area contributed by atoms with Gasteiger partial charge in [-0.05, 0) is 12.8 Å². The van der Waals surface area contributed by atoms with E-state index in [-0.39, 0.29) is 12.8 Å². The molecule has 0 atom stereocenters. The smallest absolute Gasteiger partial charge is 0.288 e. The van der Waals surface area contributed by atoms with Crippen molar-refractivity contribution in [1.29, 1.82) is 0 Å². The van der Waals surface area contributed by atoms with Crippen molar-refractivity contribution in [2.45, 2.75) is 42.8 Å². The standard InChI is InChI=1S/C10H8F11NO/c11-6(8(14,15)16,9(17,18)19)5(23)7(12,13)10(20,21)22-3-1-2-4-22/h1-4H2. The number of carbonyl (C=O) groups excluding carboxylic acids is 1. The van der Waals surface area contributed by atoms with E-state index >= 15 is 0 Å². The third-order valence-electron chi connectivity index (χ3n) is 3.26. The summed E-state index contributed by atoms with van der Waals surface area (Å²) in [5, 5.41) is 0. The van der Waals surface area contributed by atoms with Gasteiger partial charge in [-0.25, -0.2) is 9.29 Å². The SMILES string of the molecule is O=C(C(F)(F)C(F)(F)N1CCCC1)C(F)(C(F)(F)F)C(F)(F)F. The minimum atomic E-state index is -7.19. The van der Waals surface area contributed by atoms with Crippen LogP contribution in [0, 0.1) is 0 Å². The number of Topliss-reactive ketones (excluding diaryl/α,β-unsaturated/α-hetero) is 1. The maximum Gasteiger partial charge on any atom is 0.439 e. The highest BCUT2D eigenvalue weighted by Crippen LogP contribution is 2.52. The fraction of sp³-hybridized carbons (Fsp3) is 0.900.